The highest BCUT2D eigenvalue weighted by Crippen LogP contribution is 2.32. The smallest absolute Gasteiger partial charge is 0.243 e. The summed E-state index contributed by atoms with van der Waals surface area (Å²) < 4.78 is 47.3. The van der Waals surface area contributed by atoms with Gasteiger partial charge in [0.2, 0.25) is 27.7 Å². The molecule has 160 valence electrons. The second-order valence-corrected chi connectivity index (χ2v) is 8.41. The summed E-state index contributed by atoms with van der Waals surface area (Å²) in [7, 11) is -2.66. The van der Waals surface area contributed by atoms with Gasteiger partial charge in [-0.05, 0) is 18.2 Å². The summed E-state index contributed by atoms with van der Waals surface area (Å²) in [4.78, 5) is 28.5. The van der Waals surface area contributed by atoms with Gasteiger partial charge in [0, 0.05) is 37.0 Å². The lowest BCUT2D eigenvalue weighted by Crippen LogP contribution is -2.52. The van der Waals surface area contributed by atoms with Crippen molar-refractivity contribution in [3.05, 3.63) is 42.9 Å². The van der Waals surface area contributed by atoms with E-state index in [4.69, 9.17) is 4.74 Å². The number of rotatable bonds is 6. The molecule has 30 heavy (non-hydrogen) atoms. The van der Waals surface area contributed by atoms with Gasteiger partial charge in [-0.2, -0.15) is 4.31 Å². The Balaban J connectivity index is 1.81. The summed E-state index contributed by atoms with van der Waals surface area (Å²) >= 11 is 0. The van der Waals surface area contributed by atoms with Crippen molar-refractivity contribution in [3.63, 3.8) is 0 Å². The minimum Gasteiger partial charge on any atom is -0.481 e. The van der Waals surface area contributed by atoms with Gasteiger partial charge in [-0.3, -0.25) is 9.59 Å². The number of nitrogens with zero attached hydrogens (tertiary/aromatic N) is 3. The maximum Gasteiger partial charge on any atom is 0.243 e. The molecular formula is C19H21FN4O5S. The summed E-state index contributed by atoms with van der Waals surface area (Å²) in [5.41, 5.74) is 0. The van der Waals surface area contributed by atoms with Gasteiger partial charge < -0.3 is 15.0 Å². The first kappa shape index (κ1) is 21.7. The number of pyridine rings is 1. The van der Waals surface area contributed by atoms with Crippen LogP contribution in [0.2, 0.25) is 0 Å². The summed E-state index contributed by atoms with van der Waals surface area (Å²) in [6, 6.07) is 4.38. The fourth-order valence-corrected chi connectivity index (χ4v) is 4.88. The van der Waals surface area contributed by atoms with Crippen LogP contribution in [0.25, 0.3) is 10.8 Å². The molecule has 3 rings (SSSR count). The number of benzene rings is 1. The number of fused-ring (bicyclic) bond motifs is 1. The van der Waals surface area contributed by atoms with Crippen LogP contribution in [0.1, 0.15) is 0 Å². The largest absolute Gasteiger partial charge is 0.481 e. The number of nitrogens with one attached hydrogen (secondary N) is 1. The predicted octanol–water partition coefficient (Wildman–Crippen LogP) is 0.518. The maximum atomic E-state index is 14.5. The lowest BCUT2D eigenvalue weighted by Gasteiger charge is -2.34. The highest BCUT2D eigenvalue weighted by molar-refractivity contribution is 7.89. The molecule has 2 aromatic rings. The molecule has 0 bridgehead atoms. The zero-order chi connectivity index (χ0) is 21.9. The number of piperazine rings is 1. The number of carbonyl (C=O) groups is 2. The van der Waals surface area contributed by atoms with Gasteiger partial charge in [-0.25, -0.2) is 17.8 Å². The Morgan fingerprint density at radius 3 is 2.63 bits per heavy atom. The molecule has 0 aliphatic carbocycles. The Labute approximate surface area is 173 Å². The number of hydrogen-bond donors (Lipinski definition) is 1. The predicted molar refractivity (Wildman–Crippen MR) is 107 cm³/mol. The van der Waals surface area contributed by atoms with Gasteiger partial charge in [0.1, 0.15) is 0 Å². The molecule has 0 spiro atoms. The van der Waals surface area contributed by atoms with Crippen LogP contribution < -0.4 is 10.1 Å². The van der Waals surface area contributed by atoms with Crippen molar-refractivity contribution < 1.29 is 27.1 Å². The molecule has 9 nitrogen and oxygen atoms in total. The van der Waals surface area contributed by atoms with Crippen LogP contribution in [0.4, 0.5) is 4.39 Å². The molecule has 0 saturated carbocycles. The standard InChI is InChI=1S/C19H21FN4O5S/c1-3-16(25)21-12-17(26)23-7-9-24(10-8-23)30(27,28)15-6-4-5-13-18(15)14(20)11-22-19(13)29-2/h3-6,11H,1,7-10,12H2,2H3,(H,21,25). The van der Waals surface area contributed by atoms with Crippen molar-refractivity contribution in [2.24, 2.45) is 0 Å². The zero-order valence-electron chi connectivity index (χ0n) is 16.3. The minimum atomic E-state index is -4.03. The van der Waals surface area contributed by atoms with Crippen LogP contribution in [0.5, 0.6) is 5.88 Å². The first-order valence-electron chi connectivity index (χ1n) is 9.09. The maximum absolute atomic E-state index is 14.5. The average molecular weight is 436 g/mol. The van der Waals surface area contributed by atoms with Gasteiger partial charge in [0.05, 0.1) is 24.7 Å². The van der Waals surface area contributed by atoms with Crippen molar-refractivity contribution in [2.75, 3.05) is 39.8 Å². The Morgan fingerprint density at radius 1 is 1.30 bits per heavy atom. The Bertz CT molecular complexity index is 1100. The van der Waals surface area contributed by atoms with Crippen LogP contribution >= 0.6 is 0 Å². The van der Waals surface area contributed by atoms with E-state index in [1.807, 2.05) is 0 Å². The molecule has 1 saturated heterocycles. The molecular weight excluding hydrogens is 415 g/mol. The van der Waals surface area contributed by atoms with Gasteiger partial charge in [-0.15, -0.1) is 0 Å². The highest BCUT2D eigenvalue weighted by atomic mass is 32.2. The lowest BCUT2D eigenvalue weighted by atomic mass is 10.1. The molecule has 0 radical (unpaired) electrons. The Hall–Kier alpha value is -3.05. The number of sulfonamides is 1. The van der Waals surface area contributed by atoms with E-state index in [1.54, 1.807) is 0 Å². The quantitative estimate of drug-likeness (QED) is 0.662. The molecule has 1 aliphatic rings. The van der Waals surface area contributed by atoms with Crippen LogP contribution in [0, 0.1) is 5.82 Å². The van der Waals surface area contributed by atoms with Crippen LogP contribution in [0.3, 0.4) is 0 Å². The van der Waals surface area contributed by atoms with E-state index in [-0.39, 0.29) is 60.2 Å². The number of amides is 2. The van der Waals surface area contributed by atoms with Gasteiger partial charge in [-0.1, -0.05) is 12.6 Å². The topological polar surface area (TPSA) is 109 Å². The van der Waals surface area contributed by atoms with Crippen LogP contribution in [-0.4, -0.2) is 74.3 Å². The summed E-state index contributed by atoms with van der Waals surface area (Å²) in [6.07, 6.45) is 1.99. The second kappa shape index (κ2) is 8.76. The normalized spacial score (nSPS) is 15.1. The van der Waals surface area contributed by atoms with E-state index in [0.29, 0.717) is 0 Å². The molecule has 1 aromatic carbocycles. The molecule has 1 N–H and O–H groups in total. The first-order chi connectivity index (χ1) is 14.3. The lowest BCUT2D eigenvalue weighted by molar-refractivity contribution is -0.133. The molecule has 0 atom stereocenters. The van der Waals surface area contributed by atoms with Crippen LogP contribution in [-0.2, 0) is 19.6 Å². The van der Waals surface area contributed by atoms with E-state index in [0.717, 1.165) is 12.3 Å². The number of carbonyl (C=O) groups excluding carboxylic acids is 2. The number of hydrogen-bond acceptors (Lipinski definition) is 6. The number of methoxy groups -OCH3 is 1. The van der Waals surface area contributed by atoms with E-state index in [1.165, 1.54) is 34.5 Å². The molecule has 1 aromatic heterocycles. The minimum absolute atomic E-state index is 0.0453. The third kappa shape index (κ3) is 4.12. The van der Waals surface area contributed by atoms with Crippen molar-refractivity contribution >= 4 is 32.6 Å². The van der Waals surface area contributed by atoms with E-state index in [2.05, 4.69) is 16.9 Å². The molecule has 2 heterocycles. The van der Waals surface area contributed by atoms with Crippen LogP contribution in [0.15, 0.2) is 41.9 Å². The molecule has 1 fully saturated rings. The third-order valence-corrected chi connectivity index (χ3v) is 6.73. The molecule has 0 unspecified atom stereocenters. The average Bonchev–Trinajstić information content (AvgIpc) is 2.77. The highest BCUT2D eigenvalue weighted by Gasteiger charge is 2.32. The summed E-state index contributed by atoms with van der Waals surface area (Å²) in [5.74, 6) is -1.43. The molecule has 1 aliphatic heterocycles. The molecule has 2 amide bonds. The van der Waals surface area contributed by atoms with Crippen molar-refractivity contribution in [3.8, 4) is 5.88 Å². The number of halogens is 1. The number of ether oxygens (including phenoxy) is 1. The first-order valence-corrected chi connectivity index (χ1v) is 10.5. The zero-order valence-corrected chi connectivity index (χ0v) is 17.1. The third-order valence-electron chi connectivity index (χ3n) is 4.79. The van der Waals surface area contributed by atoms with Crippen molar-refractivity contribution in [2.45, 2.75) is 4.90 Å². The van der Waals surface area contributed by atoms with E-state index >= 15 is 0 Å². The van der Waals surface area contributed by atoms with Gasteiger partial charge >= 0.3 is 0 Å². The Kier molecular flexibility index (Phi) is 6.32. The fraction of sp³-hybridized carbons (Fsp3) is 0.316. The molecule has 11 heteroatoms. The van der Waals surface area contributed by atoms with Gasteiger partial charge in [0.25, 0.3) is 0 Å². The Morgan fingerprint density at radius 2 is 2.00 bits per heavy atom. The van der Waals surface area contributed by atoms with E-state index in [9.17, 15) is 22.4 Å². The number of aromatic nitrogens is 1. The summed E-state index contributed by atoms with van der Waals surface area (Å²) in [6.45, 7) is 3.51. The second-order valence-electron chi connectivity index (χ2n) is 6.50. The van der Waals surface area contributed by atoms with Crippen molar-refractivity contribution in [1.82, 2.24) is 19.5 Å². The monoisotopic (exact) mass is 436 g/mol. The summed E-state index contributed by atoms with van der Waals surface area (Å²) in [5, 5.41) is 2.56. The van der Waals surface area contributed by atoms with Gasteiger partial charge in [0.15, 0.2) is 5.82 Å². The van der Waals surface area contributed by atoms with Crippen molar-refractivity contribution in [1.29, 1.82) is 0 Å². The SMILES string of the molecule is C=CC(=O)NCC(=O)N1CCN(S(=O)(=O)c2cccc3c(OC)ncc(F)c23)CC1. The fourth-order valence-electron chi connectivity index (χ4n) is 3.25. The van der Waals surface area contributed by atoms with E-state index < -0.39 is 21.7 Å².